The summed E-state index contributed by atoms with van der Waals surface area (Å²) in [6.07, 6.45) is 4.43. The first kappa shape index (κ1) is 16.9. The fourth-order valence-corrected chi connectivity index (χ4v) is 2.80. The van der Waals surface area contributed by atoms with Crippen LogP contribution >= 0.6 is 11.6 Å². The average Bonchev–Trinajstić information content (AvgIpc) is 2.49. The summed E-state index contributed by atoms with van der Waals surface area (Å²) in [4.78, 5) is 12.7. The topological polar surface area (TPSA) is 52.9 Å². The molecule has 120 valence electrons. The highest BCUT2D eigenvalue weighted by Crippen LogP contribution is 2.32. The van der Waals surface area contributed by atoms with Crippen molar-refractivity contribution in [2.45, 2.75) is 45.1 Å². The summed E-state index contributed by atoms with van der Waals surface area (Å²) in [7, 11) is 0. The van der Waals surface area contributed by atoms with Crippen LogP contribution < -0.4 is 5.01 Å². The fourth-order valence-electron chi connectivity index (χ4n) is 2.55. The number of carbonyl (C=O) groups excluding carboxylic acids is 1. The summed E-state index contributed by atoms with van der Waals surface area (Å²) in [5.41, 5.74) is 0.379. The van der Waals surface area contributed by atoms with Crippen molar-refractivity contribution < 1.29 is 14.3 Å². The van der Waals surface area contributed by atoms with Crippen molar-refractivity contribution in [3.63, 3.8) is 0 Å². The van der Waals surface area contributed by atoms with Gasteiger partial charge in [-0.15, -0.1) is 0 Å². The second-order valence-corrected chi connectivity index (χ2v) is 5.86. The standard InChI is InChI=1S/C16H20ClFN2O2/c1-2-9-19-20(15-8-5-12(18)10-14(15)17)16(22)11-3-6-13(21)7-4-11/h5,8-11,13,21H,2-4,6-7H2,1H3/b19-9+. The van der Waals surface area contributed by atoms with E-state index in [2.05, 4.69) is 5.10 Å². The Hall–Kier alpha value is -1.46. The Morgan fingerprint density at radius 2 is 2.14 bits per heavy atom. The molecule has 0 unspecified atom stereocenters. The molecule has 0 radical (unpaired) electrons. The predicted molar refractivity (Wildman–Crippen MR) is 85.6 cm³/mol. The zero-order valence-electron chi connectivity index (χ0n) is 12.5. The average molecular weight is 327 g/mol. The van der Waals surface area contributed by atoms with E-state index in [0.29, 0.717) is 37.8 Å². The number of rotatable bonds is 4. The van der Waals surface area contributed by atoms with Gasteiger partial charge in [0, 0.05) is 12.1 Å². The van der Waals surface area contributed by atoms with E-state index in [1.165, 1.54) is 23.2 Å². The predicted octanol–water partition coefficient (Wildman–Crippen LogP) is 3.76. The molecule has 1 aromatic rings. The second kappa shape index (κ2) is 7.70. The van der Waals surface area contributed by atoms with Gasteiger partial charge in [0.15, 0.2) is 0 Å². The van der Waals surface area contributed by atoms with Gasteiger partial charge in [0.2, 0.25) is 0 Å². The number of hydrazone groups is 1. The Bertz CT molecular complexity index is 557. The number of hydrogen-bond donors (Lipinski definition) is 1. The number of hydrogen-bond acceptors (Lipinski definition) is 3. The molecule has 1 aromatic carbocycles. The lowest BCUT2D eigenvalue weighted by molar-refractivity contribution is -0.123. The van der Waals surface area contributed by atoms with E-state index in [9.17, 15) is 14.3 Å². The Kier molecular flexibility index (Phi) is 5.91. The molecule has 4 nitrogen and oxygen atoms in total. The Morgan fingerprint density at radius 1 is 1.45 bits per heavy atom. The van der Waals surface area contributed by atoms with Gasteiger partial charge >= 0.3 is 0 Å². The zero-order valence-corrected chi connectivity index (χ0v) is 13.3. The van der Waals surface area contributed by atoms with Gasteiger partial charge in [-0.25, -0.2) is 4.39 Å². The van der Waals surface area contributed by atoms with E-state index in [0.717, 1.165) is 0 Å². The first-order valence-corrected chi connectivity index (χ1v) is 7.90. The minimum absolute atomic E-state index is 0.150. The van der Waals surface area contributed by atoms with Crippen LogP contribution in [-0.4, -0.2) is 23.3 Å². The van der Waals surface area contributed by atoms with E-state index in [-0.39, 0.29) is 23.0 Å². The van der Waals surface area contributed by atoms with E-state index in [4.69, 9.17) is 11.6 Å². The number of carbonyl (C=O) groups is 1. The number of aliphatic hydroxyl groups is 1. The van der Waals surface area contributed by atoms with Gasteiger partial charge in [0.25, 0.3) is 5.91 Å². The highest BCUT2D eigenvalue weighted by atomic mass is 35.5. The zero-order chi connectivity index (χ0) is 16.1. The third-order valence-corrected chi connectivity index (χ3v) is 4.08. The van der Waals surface area contributed by atoms with E-state index < -0.39 is 5.82 Å². The molecule has 1 amide bonds. The fraction of sp³-hybridized carbons (Fsp3) is 0.500. The number of nitrogens with zero attached hydrogens (tertiary/aromatic N) is 2. The van der Waals surface area contributed by atoms with Crippen LogP contribution in [0.15, 0.2) is 23.3 Å². The van der Waals surface area contributed by atoms with Crippen LogP contribution in [0, 0.1) is 11.7 Å². The number of amides is 1. The largest absolute Gasteiger partial charge is 0.393 e. The maximum Gasteiger partial charge on any atom is 0.250 e. The van der Waals surface area contributed by atoms with E-state index >= 15 is 0 Å². The third kappa shape index (κ3) is 4.05. The van der Waals surface area contributed by atoms with Crippen molar-refractivity contribution in [2.24, 2.45) is 11.0 Å². The van der Waals surface area contributed by atoms with Crippen LogP contribution in [0.2, 0.25) is 5.02 Å². The van der Waals surface area contributed by atoms with Crippen LogP contribution in [0.5, 0.6) is 0 Å². The molecular weight excluding hydrogens is 307 g/mol. The molecule has 1 fully saturated rings. The Morgan fingerprint density at radius 3 is 2.73 bits per heavy atom. The number of aliphatic hydroxyl groups excluding tert-OH is 1. The maximum atomic E-state index is 13.2. The van der Waals surface area contributed by atoms with Crippen molar-refractivity contribution in [2.75, 3.05) is 5.01 Å². The number of halogens is 2. The van der Waals surface area contributed by atoms with E-state index in [1.807, 2.05) is 6.92 Å². The molecule has 2 rings (SSSR count). The maximum absolute atomic E-state index is 13.2. The van der Waals surface area contributed by atoms with Gasteiger partial charge in [0.1, 0.15) is 5.82 Å². The molecule has 1 aliphatic carbocycles. The van der Waals surface area contributed by atoms with Crippen LogP contribution in [0.1, 0.15) is 39.0 Å². The van der Waals surface area contributed by atoms with Gasteiger partial charge in [-0.2, -0.15) is 10.1 Å². The van der Waals surface area contributed by atoms with Gasteiger partial charge in [-0.3, -0.25) is 4.79 Å². The SMILES string of the molecule is CC/C=N/N(C(=O)C1CCC(O)CC1)c1ccc(F)cc1Cl. The third-order valence-electron chi connectivity index (χ3n) is 3.77. The number of anilines is 1. The summed E-state index contributed by atoms with van der Waals surface area (Å²) in [5.74, 6) is -0.815. The van der Waals surface area contributed by atoms with Gasteiger partial charge in [0.05, 0.1) is 16.8 Å². The smallest absolute Gasteiger partial charge is 0.250 e. The summed E-state index contributed by atoms with van der Waals surface area (Å²) in [6, 6.07) is 3.89. The summed E-state index contributed by atoms with van der Waals surface area (Å²) >= 11 is 6.06. The van der Waals surface area contributed by atoms with Crippen molar-refractivity contribution in [3.8, 4) is 0 Å². The molecule has 0 atom stereocenters. The van der Waals surface area contributed by atoms with Gasteiger partial charge in [-0.1, -0.05) is 18.5 Å². The first-order chi connectivity index (χ1) is 10.5. The monoisotopic (exact) mass is 326 g/mol. The summed E-state index contributed by atoms with van der Waals surface area (Å²) in [5, 5.41) is 15.2. The lowest BCUT2D eigenvalue weighted by atomic mass is 9.86. The molecule has 1 N–H and O–H groups in total. The molecule has 0 aliphatic heterocycles. The van der Waals surface area contributed by atoms with Crippen LogP contribution in [0.3, 0.4) is 0 Å². The molecule has 0 aromatic heterocycles. The summed E-state index contributed by atoms with van der Waals surface area (Å²) in [6.45, 7) is 1.91. The van der Waals surface area contributed by atoms with Crippen molar-refractivity contribution in [3.05, 3.63) is 29.0 Å². The van der Waals surface area contributed by atoms with Crippen LogP contribution in [0.25, 0.3) is 0 Å². The molecule has 6 heteroatoms. The number of benzene rings is 1. The van der Waals surface area contributed by atoms with Crippen LogP contribution in [-0.2, 0) is 4.79 Å². The molecule has 1 aliphatic rings. The van der Waals surface area contributed by atoms with Crippen LogP contribution in [0.4, 0.5) is 10.1 Å². The van der Waals surface area contributed by atoms with Crippen molar-refractivity contribution >= 4 is 29.4 Å². The van der Waals surface area contributed by atoms with E-state index in [1.54, 1.807) is 6.21 Å². The molecule has 0 bridgehead atoms. The van der Waals surface area contributed by atoms with Crippen molar-refractivity contribution in [1.29, 1.82) is 0 Å². The summed E-state index contributed by atoms with van der Waals surface area (Å²) < 4.78 is 13.2. The lowest BCUT2D eigenvalue weighted by Gasteiger charge is -2.28. The highest BCUT2D eigenvalue weighted by Gasteiger charge is 2.30. The quantitative estimate of drug-likeness (QED) is 0.676. The Balaban J connectivity index is 2.25. The highest BCUT2D eigenvalue weighted by molar-refractivity contribution is 6.33. The second-order valence-electron chi connectivity index (χ2n) is 5.46. The van der Waals surface area contributed by atoms with Gasteiger partial charge in [-0.05, 0) is 50.3 Å². The molecule has 0 saturated heterocycles. The normalized spacial score (nSPS) is 22.0. The minimum atomic E-state index is -0.457. The first-order valence-electron chi connectivity index (χ1n) is 7.52. The van der Waals surface area contributed by atoms with Crippen molar-refractivity contribution in [1.82, 2.24) is 0 Å². The molecule has 22 heavy (non-hydrogen) atoms. The Labute approximate surface area is 134 Å². The molecule has 0 spiro atoms. The molecule has 0 heterocycles. The molecular formula is C16H20ClFN2O2. The minimum Gasteiger partial charge on any atom is -0.393 e. The lowest BCUT2D eigenvalue weighted by Crippen LogP contribution is -2.35. The molecule has 1 saturated carbocycles. The van der Waals surface area contributed by atoms with Gasteiger partial charge < -0.3 is 5.11 Å².